The molecule has 360 valence electrons. The summed E-state index contributed by atoms with van der Waals surface area (Å²) in [5.74, 6) is 0. The maximum atomic E-state index is 4.64. The van der Waals surface area contributed by atoms with Crippen molar-refractivity contribution in [2.24, 2.45) is 0 Å². The van der Waals surface area contributed by atoms with E-state index in [1.54, 1.807) is 0 Å². The summed E-state index contributed by atoms with van der Waals surface area (Å²) in [6, 6.07) is 95.3. The largest absolute Gasteiger partial charge is 0.310 e. The van der Waals surface area contributed by atoms with Crippen LogP contribution in [0.3, 0.4) is 0 Å². The fourth-order valence-corrected chi connectivity index (χ4v) is 14.7. The number of rotatable bonds is 7. The molecule has 2 heteroatoms. The van der Waals surface area contributed by atoms with Crippen molar-refractivity contribution >= 4 is 44.4 Å². The Labute approximate surface area is 449 Å². The van der Waals surface area contributed by atoms with Gasteiger partial charge in [0.15, 0.2) is 0 Å². The summed E-state index contributed by atoms with van der Waals surface area (Å²) in [7, 11) is 0. The topological polar surface area (TPSA) is 8.17 Å². The lowest BCUT2D eigenvalue weighted by Gasteiger charge is -2.40. The van der Waals surface area contributed by atoms with Crippen molar-refractivity contribution in [2.75, 3.05) is 4.90 Å². The van der Waals surface area contributed by atoms with E-state index in [1.807, 2.05) is 0 Å². The molecule has 1 aliphatic heterocycles. The Bertz CT molecular complexity index is 4480. The SMILES string of the molecule is C=CC1=C(/C=C\C)c2c(-c3ccc(N(c4ccc(-c5ccccc5)cc4)c4cccc5c4-c4ccccc4C54c5ccccc5-c5ccccc54)cc3)cccc2C12c1ccccc1-n1c3ccccc3c3cccc2c31. The van der Waals surface area contributed by atoms with Crippen LogP contribution in [0.1, 0.15) is 51.4 Å². The van der Waals surface area contributed by atoms with Crippen LogP contribution in [-0.2, 0) is 10.8 Å². The summed E-state index contributed by atoms with van der Waals surface area (Å²) in [5.41, 5.74) is 28.6. The number of allylic oxidation sites excluding steroid dienone is 5. The van der Waals surface area contributed by atoms with Crippen LogP contribution in [0.4, 0.5) is 17.1 Å². The molecule has 1 unspecified atom stereocenters. The molecule has 0 N–H and O–H groups in total. The standard InChI is InChI=1S/C75H50N2/c1-3-21-58-60(4-2)74(64-33-15-17-38-69(64)77-68-37-16-11-26-56(68)57-29-19-36-67(74)73(57)77)65-34-18-28-53(71(58)65)50-42-46-52(47-43-50)76(51-44-40-49(41-45-51)48-22-6-5-7-23-48)70-39-20-35-66-72(70)59-27-10-14-32-63(59)75(66)61-30-12-8-24-54(61)55-25-9-13-31-62(55)75/h3-47H,2H2,1H3/b21-3-. The molecule has 0 amide bonds. The van der Waals surface area contributed by atoms with Gasteiger partial charge in [0, 0.05) is 27.7 Å². The first-order valence-electron chi connectivity index (χ1n) is 26.9. The number of hydrogen-bond donors (Lipinski definition) is 0. The Morgan fingerprint density at radius 2 is 0.896 bits per heavy atom. The van der Waals surface area contributed by atoms with Crippen LogP contribution >= 0.6 is 0 Å². The minimum absolute atomic E-state index is 0.462. The van der Waals surface area contributed by atoms with Gasteiger partial charge in [-0.3, -0.25) is 0 Å². The van der Waals surface area contributed by atoms with Crippen LogP contribution < -0.4 is 4.90 Å². The number of aromatic nitrogens is 1. The van der Waals surface area contributed by atoms with Gasteiger partial charge in [-0.1, -0.05) is 237 Å². The lowest BCUT2D eigenvalue weighted by Crippen LogP contribution is -2.34. The number of fused-ring (bicyclic) bond motifs is 19. The predicted octanol–water partition coefficient (Wildman–Crippen LogP) is 19.1. The van der Waals surface area contributed by atoms with E-state index >= 15 is 0 Å². The van der Waals surface area contributed by atoms with Gasteiger partial charge in [0.2, 0.25) is 0 Å². The van der Waals surface area contributed by atoms with E-state index in [-0.39, 0.29) is 0 Å². The van der Waals surface area contributed by atoms with Gasteiger partial charge in [0.1, 0.15) is 0 Å². The number of benzene rings is 11. The molecule has 4 aliphatic rings. The molecule has 0 saturated heterocycles. The summed E-state index contributed by atoms with van der Waals surface area (Å²) >= 11 is 0. The Hall–Kier alpha value is -9.76. The van der Waals surface area contributed by atoms with E-state index in [4.69, 9.17) is 0 Å². The molecule has 0 fully saturated rings. The Morgan fingerprint density at radius 1 is 0.390 bits per heavy atom. The molecule has 2 spiro atoms. The number of anilines is 3. The molecule has 3 aliphatic carbocycles. The Morgan fingerprint density at radius 3 is 1.60 bits per heavy atom. The molecule has 12 aromatic rings. The van der Waals surface area contributed by atoms with Gasteiger partial charge in [0.05, 0.1) is 33.2 Å². The Kier molecular flexibility index (Phi) is 9.27. The van der Waals surface area contributed by atoms with Gasteiger partial charge < -0.3 is 9.47 Å². The molecule has 1 atom stereocenters. The van der Waals surface area contributed by atoms with Gasteiger partial charge in [-0.15, -0.1) is 0 Å². The van der Waals surface area contributed by atoms with Crippen molar-refractivity contribution in [3.8, 4) is 50.2 Å². The molecule has 16 rings (SSSR count). The molecular formula is C75H50N2. The third-order valence-electron chi connectivity index (χ3n) is 17.5. The van der Waals surface area contributed by atoms with Gasteiger partial charge >= 0.3 is 0 Å². The summed E-state index contributed by atoms with van der Waals surface area (Å²) in [5, 5.41) is 2.53. The lowest BCUT2D eigenvalue weighted by atomic mass is 9.64. The highest BCUT2D eigenvalue weighted by molar-refractivity contribution is 6.13. The molecule has 1 aromatic heterocycles. The van der Waals surface area contributed by atoms with Crippen LogP contribution in [0.15, 0.2) is 285 Å². The fraction of sp³-hybridized carbons (Fsp3) is 0.0400. The molecule has 0 saturated carbocycles. The van der Waals surface area contributed by atoms with Crippen molar-refractivity contribution in [3.63, 3.8) is 0 Å². The average Bonchev–Trinajstić information content (AvgIpc) is 3.27. The van der Waals surface area contributed by atoms with E-state index in [9.17, 15) is 0 Å². The molecule has 77 heavy (non-hydrogen) atoms. The van der Waals surface area contributed by atoms with E-state index in [0.29, 0.717) is 0 Å². The third-order valence-corrected chi connectivity index (χ3v) is 17.5. The zero-order chi connectivity index (χ0) is 51.0. The third kappa shape index (κ3) is 5.64. The quantitative estimate of drug-likeness (QED) is 0.154. The van der Waals surface area contributed by atoms with Gasteiger partial charge in [-0.25, -0.2) is 0 Å². The first-order valence-corrected chi connectivity index (χ1v) is 26.9. The first-order chi connectivity index (χ1) is 38.2. The summed E-state index contributed by atoms with van der Waals surface area (Å²) in [6.07, 6.45) is 6.65. The number of hydrogen-bond acceptors (Lipinski definition) is 1. The second kappa shape index (κ2) is 16.4. The zero-order valence-corrected chi connectivity index (χ0v) is 42.6. The highest BCUT2D eigenvalue weighted by atomic mass is 15.1. The maximum absolute atomic E-state index is 4.64. The van der Waals surface area contributed by atoms with Crippen molar-refractivity contribution in [1.82, 2.24) is 4.57 Å². The molecular weight excluding hydrogens is 929 g/mol. The van der Waals surface area contributed by atoms with Crippen molar-refractivity contribution in [2.45, 2.75) is 17.8 Å². The van der Waals surface area contributed by atoms with Crippen LogP contribution in [0.25, 0.3) is 77.6 Å². The van der Waals surface area contributed by atoms with Crippen molar-refractivity contribution < 1.29 is 0 Å². The number of para-hydroxylation sites is 3. The minimum Gasteiger partial charge on any atom is -0.310 e. The molecule has 0 radical (unpaired) electrons. The maximum Gasteiger partial charge on any atom is 0.0754 e. The van der Waals surface area contributed by atoms with Gasteiger partial charge in [0.25, 0.3) is 0 Å². The minimum atomic E-state index is -0.604. The van der Waals surface area contributed by atoms with Crippen LogP contribution in [0.5, 0.6) is 0 Å². The van der Waals surface area contributed by atoms with Gasteiger partial charge in [-0.05, 0) is 144 Å². The second-order valence-corrected chi connectivity index (χ2v) is 21.0. The molecule has 2 heterocycles. The zero-order valence-electron chi connectivity index (χ0n) is 42.6. The summed E-state index contributed by atoms with van der Waals surface area (Å²) < 4.78 is 2.50. The first kappa shape index (κ1) is 43.6. The normalized spacial score (nSPS) is 15.7. The molecule has 11 aromatic carbocycles. The highest BCUT2D eigenvalue weighted by Gasteiger charge is 2.53. The predicted molar refractivity (Wildman–Crippen MR) is 321 cm³/mol. The van der Waals surface area contributed by atoms with Crippen LogP contribution in [-0.4, -0.2) is 4.57 Å². The Balaban J connectivity index is 0.905. The van der Waals surface area contributed by atoms with E-state index in [2.05, 4.69) is 296 Å². The monoisotopic (exact) mass is 978 g/mol. The number of nitrogens with zero attached hydrogens (tertiary/aromatic N) is 2. The fourth-order valence-electron chi connectivity index (χ4n) is 14.7. The molecule has 0 bridgehead atoms. The average molecular weight is 979 g/mol. The van der Waals surface area contributed by atoms with Crippen molar-refractivity contribution in [3.05, 3.63) is 330 Å². The van der Waals surface area contributed by atoms with Crippen LogP contribution in [0.2, 0.25) is 0 Å². The smallest absolute Gasteiger partial charge is 0.0754 e. The second-order valence-electron chi connectivity index (χ2n) is 21.0. The van der Waals surface area contributed by atoms with Gasteiger partial charge in [-0.2, -0.15) is 0 Å². The summed E-state index contributed by atoms with van der Waals surface area (Å²) in [4.78, 5) is 2.49. The van der Waals surface area contributed by atoms with E-state index in [1.165, 1.54) is 122 Å². The van der Waals surface area contributed by atoms with Crippen LogP contribution in [0, 0.1) is 0 Å². The lowest BCUT2D eigenvalue weighted by molar-refractivity contribution is 0.743. The van der Waals surface area contributed by atoms with E-state index < -0.39 is 10.8 Å². The van der Waals surface area contributed by atoms with E-state index in [0.717, 1.165) is 22.6 Å². The highest BCUT2D eigenvalue weighted by Crippen LogP contribution is 2.65. The molecule has 2 nitrogen and oxygen atoms in total. The summed E-state index contributed by atoms with van der Waals surface area (Å²) in [6.45, 7) is 6.77. The van der Waals surface area contributed by atoms with Crippen molar-refractivity contribution in [1.29, 1.82) is 0 Å².